The summed E-state index contributed by atoms with van der Waals surface area (Å²) in [5.41, 5.74) is 2.25. The molecule has 37 heavy (non-hydrogen) atoms. The van der Waals surface area contributed by atoms with Crippen LogP contribution >= 0.6 is 7.80 Å². The molecule has 6 heteroatoms. The fourth-order valence-corrected chi connectivity index (χ4v) is 4.97. The van der Waals surface area contributed by atoms with Crippen molar-refractivity contribution < 1.29 is 23.7 Å². The summed E-state index contributed by atoms with van der Waals surface area (Å²) in [6, 6.07) is 31.6. The van der Waals surface area contributed by atoms with Crippen molar-refractivity contribution in [3.8, 4) is 0 Å². The van der Waals surface area contributed by atoms with Gasteiger partial charge in [-0.1, -0.05) is 96.1 Å². The summed E-state index contributed by atoms with van der Waals surface area (Å²) in [5.74, 6) is -0.733. The minimum atomic E-state index is -2.15. The first-order chi connectivity index (χ1) is 17.8. The van der Waals surface area contributed by atoms with Crippen molar-refractivity contribution >= 4 is 35.9 Å². The van der Waals surface area contributed by atoms with Gasteiger partial charge in [-0.3, -0.25) is 9.59 Å². The monoisotopic (exact) mass is 509 g/mol. The molecular weight excluding hydrogens is 483 g/mol. The Balaban J connectivity index is 0.000000479. The Morgan fingerprint density at radius 1 is 0.622 bits per heavy atom. The minimum Gasteiger partial charge on any atom is -0.466 e. The second-order valence-electron chi connectivity index (χ2n) is 7.99. The van der Waals surface area contributed by atoms with Crippen molar-refractivity contribution in [3.05, 3.63) is 144 Å². The molecule has 0 atom stereocenters. The van der Waals surface area contributed by atoms with Crippen molar-refractivity contribution in [2.75, 3.05) is 7.11 Å². The quantitative estimate of drug-likeness (QED) is 0.139. The van der Waals surface area contributed by atoms with Gasteiger partial charge >= 0.3 is 13.8 Å². The molecule has 0 spiro atoms. The molecule has 0 N–H and O–H groups in total. The molecule has 0 aliphatic carbocycles. The topological polar surface area (TPSA) is 77.5 Å². The van der Waals surface area contributed by atoms with Crippen molar-refractivity contribution in [2.45, 2.75) is 6.92 Å². The van der Waals surface area contributed by atoms with Crippen molar-refractivity contribution in [2.24, 2.45) is 0 Å². The van der Waals surface area contributed by atoms with E-state index >= 15 is 0 Å². The SMILES string of the molecule is C=C(C)C(=O)OC.O=C(c1ccccc1)c1ccccc1[P+](=O)c1ccccc1C(=O)c1ccccc1. The molecule has 0 unspecified atom stereocenters. The zero-order valence-electron chi connectivity index (χ0n) is 20.6. The van der Waals surface area contributed by atoms with E-state index in [0.29, 0.717) is 38.4 Å². The second-order valence-corrected chi connectivity index (χ2v) is 9.54. The van der Waals surface area contributed by atoms with Gasteiger partial charge in [-0.25, -0.2) is 4.79 Å². The minimum absolute atomic E-state index is 0.193. The van der Waals surface area contributed by atoms with E-state index in [2.05, 4.69) is 11.3 Å². The summed E-state index contributed by atoms with van der Waals surface area (Å²) in [6.07, 6.45) is 0. The van der Waals surface area contributed by atoms with E-state index in [1.54, 1.807) is 104 Å². The average Bonchev–Trinajstić information content (AvgIpc) is 2.96. The number of carbonyl (C=O) groups is 3. The number of methoxy groups -OCH3 is 1. The zero-order valence-corrected chi connectivity index (χ0v) is 21.5. The van der Waals surface area contributed by atoms with Crippen molar-refractivity contribution in [1.29, 1.82) is 0 Å². The van der Waals surface area contributed by atoms with Gasteiger partial charge in [0.05, 0.1) is 18.2 Å². The lowest BCUT2D eigenvalue weighted by molar-refractivity contribution is -0.136. The van der Waals surface area contributed by atoms with E-state index in [0.717, 1.165) is 0 Å². The maximum atomic E-state index is 13.6. The lowest BCUT2D eigenvalue weighted by Crippen LogP contribution is -2.20. The number of benzene rings is 4. The van der Waals surface area contributed by atoms with Gasteiger partial charge in [-0.2, -0.15) is 0 Å². The van der Waals surface area contributed by atoms with E-state index < -0.39 is 7.80 Å². The van der Waals surface area contributed by atoms with Crippen LogP contribution in [0.5, 0.6) is 0 Å². The van der Waals surface area contributed by atoms with Crippen LogP contribution in [0, 0.1) is 0 Å². The lowest BCUT2D eigenvalue weighted by atomic mass is 10.0. The van der Waals surface area contributed by atoms with Gasteiger partial charge in [0.1, 0.15) is 0 Å². The highest BCUT2D eigenvalue weighted by atomic mass is 31.1. The molecule has 0 saturated heterocycles. The normalized spacial score (nSPS) is 9.89. The Morgan fingerprint density at radius 2 is 0.973 bits per heavy atom. The van der Waals surface area contributed by atoms with Gasteiger partial charge in [0.25, 0.3) is 0 Å². The molecule has 4 aromatic carbocycles. The molecule has 0 aromatic heterocycles. The number of hydrogen-bond donors (Lipinski definition) is 0. The summed E-state index contributed by atoms with van der Waals surface area (Å²) < 4.78 is 17.9. The standard InChI is InChI=1S/C26H18O3P.C5H8O2/c27-25(19-11-3-1-4-12-19)21-15-7-9-17-23(21)30(29)24-18-10-8-16-22(24)26(28)20-13-5-2-6-14-20;1-4(2)5(6)7-3/h1-18H;1H2,2-3H3/q+1;. The third kappa shape index (κ3) is 6.81. The molecule has 0 bridgehead atoms. The molecular formula is C31H26O5P+. The highest BCUT2D eigenvalue weighted by Gasteiger charge is 2.33. The Kier molecular flexibility index (Phi) is 9.54. The van der Waals surface area contributed by atoms with Gasteiger partial charge in [0, 0.05) is 16.7 Å². The predicted molar refractivity (Wildman–Crippen MR) is 146 cm³/mol. The van der Waals surface area contributed by atoms with E-state index in [9.17, 15) is 18.9 Å². The first-order valence-electron chi connectivity index (χ1n) is 11.4. The molecule has 5 nitrogen and oxygen atoms in total. The van der Waals surface area contributed by atoms with Crippen molar-refractivity contribution in [3.63, 3.8) is 0 Å². The van der Waals surface area contributed by atoms with E-state index in [1.807, 2.05) is 12.1 Å². The summed E-state index contributed by atoms with van der Waals surface area (Å²) >= 11 is 0. The van der Waals surface area contributed by atoms with Crippen LogP contribution in [-0.2, 0) is 14.1 Å². The average molecular weight is 510 g/mol. The zero-order chi connectivity index (χ0) is 26.8. The third-order valence-electron chi connectivity index (χ3n) is 5.34. The van der Waals surface area contributed by atoms with Gasteiger partial charge in [0.2, 0.25) is 10.6 Å². The number of rotatable bonds is 7. The molecule has 0 amide bonds. The predicted octanol–water partition coefficient (Wildman–Crippen LogP) is 5.66. The largest absolute Gasteiger partial charge is 0.466 e. The molecule has 184 valence electrons. The van der Waals surface area contributed by atoms with Crippen LogP contribution in [-0.4, -0.2) is 24.6 Å². The first kappa shape index (κ1) is 27.1. The molecule has 0 heterocycles. The van der Waals surface area contributed by atoms with Crippen LogP contribution < -0.4 is 10.6 Å². The van der Waals surface area contributed by atoms with E-state index in [1.165, 1.54) is 7.11 Å². The van der Waals surface area contributed by atoms with Crippen LogP contribution in [0.4, 0.5) is 0 Å². The van der Waals surface area contributed by atoms with Crippen LogP contribution in [0.1, 0.15) is 38.8 Å². The van der Waals surface area contributed by atoms with Gasteiger partial charge < -0.3 is 4.74 Å². The Labute approximate surface area is 217 Å². The number of ketones is 2. The Morgan fingerprint density at radius 3 is 1.30 bits per heavy atom. The molecule has 0 radical (unpaired) electrons. The van der Waals surface area contributed by atoms with Crippen molar-refractivity contribution in [1.82, 2.24) is 0 Å². The van der Waals surface area contributed by atoms with Crippen LogP contribution in [0.2, 0.25) is 0 Å². The third-order valence-corrected chi connectivity index (χ3v) is 7.00. The highest BCUT2D eigenvalue weighted by molar-refractivity contribution is 7.61. The molecule has 4 rings (SSSR count). The molecule has 0 fully saturated rings. The maximum absolute atomic E-state index is 13.6. The fourth-order valence-electron chi connectivity index (χ4n) is 3.48. The van der Waals surface area contributed by atoms with E-state index in [-0.39, 0.29) is 17.5 Å². The first-order valence-corrected chi connectivity index (χ1v) is 12.7. The van der Waals surface area contributed by atoms with Crippen LogP contribution in [0.25, 0.3) is 0 Å². The van der Waals surface area contributed by atoms with E-state index in [4.69, 9.17) is 0 Å². The summed E-state index contributed by atoms with van der Waals surface area (Å²) in [6.45, 7) is 4.95. The Hall–Kier alpha value is -4.47. The highest BCUT2D eigenvalue weighted by Crippen LogP contribution is 2.26. The maximum Gasteiger partial charge on any atom is 0.416 e. The van der Waals surface area contributed by atoms with Gasteiger partial charge in [-0.15, -0.1) is 0 Å². The van der Waals surface area contributed by atoms with Gasteiger partial charge in [0.15, 0.2) is 11.6 Å². The lowest BCUT2D eigenvalue weighted by Gasteiger charge is -2.04. The molecule has 0 aliphatic heterocycles. The smallest absolute Gasteiger partial charge is 0.416 e. The summed E-state index contributed by atoms with van der Waals surface area (Å²) in [4.78, 5) is 36.3. The summed E-state index contributed by atoms with van der Waals surface area (Å²) in [7, 11) is -0.819. The number of hydrogen-bond acceptors (Lipinski definition) is 5. The fraction of sp³-hybridized carbons (Fsp3) is 0.0645. The van der Waals surface area contributed by atoms with Crippen LogP contribution in [0.15, 0.2) is 121 Å². The Bertz CT molecular complexity index is 1350. The molecule has 4 aromatic rings. The number of carbonyl (C=O) groups excluding carboxylic acids is 3. The molecule has 0 saturated carbocycles. The summed E-state index contributed by atoms with van der Waals surface area (Å²) in [5, 5.41) is 0.851. The number of ether oxygens (including phenoxy) is 1. The van der Waals surface area contributed by atoms with Crippen LogP contribution in [0.3, 0.4) is 0 Å². The number of esters is 1. The second kappa shape index (κ2) is 13.0. The molecule has 0 aliphatic rings. The van der Waals surface area contributed by atoms with Gasteiger partial charge in [-0.05, 0) is 31.2 Å².